The lowest BCUT2D eigenvalue weighted by molar-refractivity contribution is -0.140. The number of aryl methyl sites for hydroxylation is 1. The molecule has 0 bridgehead atoms. The second-order valence-electron chi connectivity index (χ2n) is 3.62. The van der Waals surface area contributed by atoms with Crippen LogP contribution in [0.4, 0.5) is 0 Å². The normalized spacial score (nSPS) is 12.0. The first-order valence-electron chi connectivity index (χ1n) is 5.34. The molecule has 0 spiro atoms. The van der Waals surface area contributed by atoms with Gasteiger partial charge in [-0.3, -0.25) is 9.79 Å². The molecule has 0 fully saturated rings. The highest BCUT2D eigenvalue weighted by atomic mass is 32.1. The Bertz CT molecular complexity index is 598. The van der Waals surface area contributed by atoms with E-state index in [0.29, 0.717) is 13.0 Å². The second-order valence-corrected chi connectivity index (χ2v) is 4.63. The fourth-order valence-corrected chi connectivity index (χ4v) is 2.62. The molecular weight excluding hydrogens is 236 g/mol. The third-order valence-corrected chi connectivity index (χ3v) is 3.66. The van der Waals surface area contributed by atoms with Crippen molar-refractivity contribution >= 4 is 27.5 Å². The van der Waals surface area contributed by atoms with E-state index in [-0.39, 0.29) is 5.97 Å². The average molecular weight is 250 g/mol. The summed E-state index contributed by atoms with van der Waals surface area (Å²) in [7, 11) is 3.37. The van der Waals surface area contributed by atoms with Crippen molar-refractivity contribution in [2.45, 2.75) is 6.42 Å². The Kier molecular flexibility index (Phi) is 3.58. The smallest absolute Gasteiger partial charge is 0.307 e. The molecule has 0 radical (unpaired) electrons. The second kappa shape index (κ2) is 5.14. The van der Waals surface area contributed by atoms with E-state index in [1.807, 2.05) is 23.7 Å². The van der Waals surface area contributed by atoms with Gasteiger partial charge in [-0.1, -0.05) is 23.5 Å². The third-order valence-electron chi connectivity index (χ3n) is 2.51. The number of esters is 1. The number of thiazole rings is 1. The van der Waals surface area contributed by atoms with Crippen molar-refractivity contribution in [2.75, 3.05) is 13.7 Å². The van der Waals surface area contributed by atoms with Crippen LogP contribution in [0.5, 0.6) is 0 Å². The highest BCUT2D eigenvalue weighted by Crippen LogP contribution is 2.14. The van der Waals surface area contributed by atoms with Crippen LogP contribution in [0.15, 0.2) is 29.3 Å². The highest BCUT2D eigenvalue weighted by Gasteiger charge is 2.02. The number of fused-ring (bicyclic) bond motifs is 1. The Morgan fingerprint density at radius 3 is 2.94 bits per heavy atom. The van der Waals surface area contributed by atoms with E-state index in [2.05, 4.69) is 21.9 Å². The molecule has 2 aromatic rings. The molecule has 2 rings (SSSR count). The highest BCUT2D eigenvalue weighted by molar-refractivity contribution is 7.16. The van der Waals surface area contributed by atoms with Crippen molar-refractivity contribution in [3.05, 3.63) is 29.1 Å². The number of para-hydroxylation sites is 1. The fraction of sp³-hybridized carbons (Fsp3) is 0.333. The van der Waals surface area contributed by atoms with Crippen LogP contribution in [0.1, 0.15) is 6.42 Å². The summed E-state index contributed by atoms with van der Waals surface area (Å²) in [6.45, 7) is 0.466. The van der Waals surface area contributed by atoms with E-state index < -0.39 is 0 Å². The summed E-state index contributed by atoms with van der Waals surface area (Å²) in [5.74, 6) is -0.225. The molecule has 90 valence electrons. The van der Waals surface area contributed by atoms with Gasteiger partial charge in [-0.2, -0.15) is 0 Å². The Hall–Kier alpha value is -1.62. The summed E-state index contributed by atoms with van der Waals surface area (Å²) in [5, 5.41) is 0. The van der Waals surface area contributed by atoms with E-state index in [9.17, 15) is 4.79 Å². The molecule has 5 heteroatoms. The molecule has 1 aromatic heterocycles. The van der Waals surface area contributed by atoms with Gasteiger partial charge < -0.3 is 9.30 Å². The number of methoxy groups -OCH3 is 1. The Morgan fingerprint density at radius 1 is 1.47 bits per heavy atom. The zero-order valence-electron chi connectivity index (χ0n) is 9.84. The van der Waals surface area contributed by atoms with Crippen molar-refractivity contribution < 1.29 is 9.53 Å². The van der Waals surface area contributed by atoms with Crippen molar-refractivity contribution in [1.82, 2.24) is 4.57 Å². The summed E-state index contributed by atoms with van der Waals surface area (Å²) in [6, 6.07) is 8.15. The molecule has 0 saturated carbocycles. The predicted molar refractivity (Wildman–Crippen MR) is 67.9 cm³/mol. The number of benzene rings is 1. The summed E-state index contributed by atoms with van der Waals surface area (Å²) < 4.78 is 7.81. The van der Waals surface area contributed by atoms with Crippen LogP contribution in [0.25, 0.3) is 10.2 Å². The first kappa shape index (κ1) is 11.9. The fourth-order valence-electron chi connectivity index (χ4n) is 1.57. The number of hydrogen-bond acceptors (Lipinski definition) is 4. The van der Waals surface area contributed by atoms with Crippen LogP contribution in [0.3, 0.4) is 0 Å². The van der Waals surface area contributed by atoms with Crippen molar-refractivity contribution in [3.8, 4) is 0 Å². The van der Waals surface area contributed by atoms with Gasteiger partial charge in [0.2, 0.25) is 0 Å². The maximum Gasteiger partial charge on any atom is 0.307 e. The molecule has 0 N–H and O–H groups in total. The molecule has 1 heterocycles. The quantitative estimate of drug-likeness (QED) is 0.778. The van der Waals surface area contributed by atoms with Crippen LogP contribution >= 0.6 is 11.3 Å². The molecule has 0 amide bonds. The molecule has 0 saturated heterocycles. The maximum atomic E-state index is 11.0. The molecule has 0 aliphatic heterocycles. The molecule has 17 heavy (non-hydrogen) atoms. The summed E-state index contributed by atoms with van der Waals surface area (Å²) in [4.78, 5) is 16.3. The van der Waals surface area contributed by atoms with Gasteiger partial charge in [0.25, 0.3) is 0 Å². The number of hydrogen-bond donors (Lipinski definition) is 0. The number of nitrogens with zero attached hydrogens (tertiary/aromatic N) is 2. The molecule has 1 aromatic carbocycles. The average Bonchev–Trinajstić information content (AvgIpc) is 2.67. The zero-order chi connectivity index (χ0) is 12.3. The number of carbonyl (C=O) groups excluding carboxylic acids is 1. The van der Waals surface area contributed by atoms with Crippen LogP contribution in [0, 0.1) is 0 Å². The minimum absolute atomic E-state index is 0.225. The number of rotatable bonds is 3. The van der Waals surface area contributed by atoms with Gasteiger partial charge in [0, 0.05) is 7.05 Å². The monoisotopic (exact) mass is 250 g/mol. The van der Waals surface area contributed by atoms with Crippen LogP contribution in [0.2, 0.25) is 0 Å². The number of carbonyl (C=O) groups is 1. The molecule has 4 nitrogen and oxygen atoms in total. The van der Waals surface area contributed by atoms with Gasteiger partial charge in [0.1, 0.15) is 0 Å². The molecular formula is C12H14N2O2S. The zero-order valence-corrected chi connectivity index (χ0v) is 10.7. The van der Waals surface area contributed by atoms with Crippen molar-refractivity contribution in [3.63, 3.8) is 0 Å². The van der Waals surface area contributed by atoms with Gasteiger partial charge in [0.15, 0.2) is 4.80 Å². The van der Waals surface area contributed by atoms with E-state index in [1.54, 1.807) is 11.3 Å². The predicted octanol–water partition coefficient (Wildman–Crippen LogP) is 1.70. The number of aromatic nitrogens is 1. The van der Waals surface area contributed by atoms with Gasteiger partial charge in [-0.15, -0.1) is 0 Å². The Balaban J connectivity index is 2.26. The largest absolute Gasteiger partial charge is 0.469 e. The van der Waals surface area contributed by atoms with Crippen molar-refractivity contribution in [2.24, 2.45) is 12.0 Å². The molecule has 0 unspecified atom stereocenters. The van der Waals surface area contributed by atoms with Gasteiger partial charge in [0.05, 0.1) is 30.3 Å². The van der Waals surface area contributed by atoms with E-state index in [1.165, 1.54) is 11.8 Å². The van der Waals surface area contributed by atoms with Crippen LogP contribution in [-0.2, 0) is 16.6 Å². The summed E-state index contributed by atoms with van der Waals surface area (Å²) >= 11 is 1.63. The first-order valence-corrected chi connectivity index (χ1v) is 6.16. The lowest BCUT2D eigenvalue weighted by Gasteiger charge is -1.95. The van der Waals surface area contributed by atoms with Gasteiger partial charge in [-0.05, 0) is 12.1 Å². The van der Waals surface area contributed by atoms with Crippen LogP contribution < -0.4 is 4.80 Å². The minimum Gasteiger partial charge on any atom is -0.469 e. The molecule has 0 aliphatic carbocycles. The first-order chi connectivity index (χ1) is 8.22. The lowest BCUT2D eigenvalue weighted by Crippen LogP contribution is -2.12. The molecule has 0 atom stereocenters. The summed E-state index contributed by atoms with van der Waals surface area (Å²) in [6.07, 6.45) is 0.324. The van der Waals surface area contributed by atoms with E-state index in [4.69, 9.17) is 0 Å². The number of ether oxygens (including phenoxy) is 1. The SMILES string of the molecule is COC(=O)CCN=c1sc2ccccc2n1C. The van der Waals surface area contributed by atoms with Crippen LogP contribution in [-0.4, -0.2) is 24.2 Å². The Morgan fingerprint density at radius 2 is 2.24 bits per heavy atom. The Labute approximate surface area is 103 Å². The third kappa shape index (κ3) is 2.55. The maximum absolute atomic E-state index is 11.0. The van der Waals surface area contributed by atoms with Gasteiger partial charge >= 0.3 is 5.97 Å². The minimum atomic E-state index is -0.225. The summed E-state index contributed by atoms with van der Waals surface area (Å²) in [5.41, 5.74) is 1.16. The molecule has 0 aliphatic rings. The van der Waals surface area contributed by atoms with E-state index in [0.717, 1.165) is 10.3 Å². The van der Waals surface area contributed by atoms with E-state index >= 15 is 0 Å². The van der Waals surface area contributed by atoms with Gasteiger partial charge in [-0.25, -0.2) is 0 Å². The lowest BCUT2D eigenvalue weighted by atomic mass is 10.3. The van der Waals surface area contributed by atoms with Crippen molar-refractivity contribution in [1.29, 1.82) is 0 Å². The standard InChI is InChI=1S/C12H14N2O2S/c1-14-9-5-3-4-6-10(9)17-12(14)13-8-7-11(15)16-2/h3-6H,7-8H2,1-2H3. The topological polar surface area (TPSA) is 43.6 Å².